The molecule has 2 saturated heterocycles. The first-order chi connectivity index (χ1) is 7.42. The molecule has 0 bridgehead atoms. The third-order valence-corrected chi connectivity index (χ3v) is 4.33. The highest BCUT2D eigenvalue weighted by atomic mass is 15.3. The van der Waals surface area contributed by atoms with Crippen LogP contribution in [0, 0.1) is 11.3 Å². The predicted molar refractivity (Wildman–Crippen MR) is 59.3 cm³/mol. The van der Waals surface area contributed by atoms with Crippen molar-refractivity contribution in [2.75, 3.05) is 13.1 Å². The van der Waals surface area contributed by atoms with Gasteiger partial charge in [0.1, 0.15) is 0 Å². The SMILES string of the molecule is [2H]C([2H])(C(C)C)[C@@]12CCCN1CC1(CC1)C2. The molecule has 2 heterocycles. The van der Waals surface area contributed by atoms with Gasteiger partial charge in [-0.1, -0.05) is 13.8 Å². The molecule has 2 aliphatic heterocycles. The van der Waals surface area contributed by atoms with Crippen molar-refractivity contribution in [3.63, 3.8) is 0 Å². The molecule has 0 aromatic rings. The Morgan fingerprint density at radius 2 is 2.14 bits per heavy atom. The molecule has 1 atom stereocenters. The molecular weight excluding hydrogens is 170 g/mol. The summed E-state index contributed by atoms with van der Waals surface area (Å²) in [5.41, 5.74) is 0.417. The van der Waals surface area contributed by atoms with Gasteiger partial charge in [0.05, 0.1) is 0 Å². The average Bonchev–Trinajstić information content (AvgIpc) is 2.65. The van der Waals surface area contributed by atoms with Gasteiger partial charge in [-0.2, -0.15) is 0 Å². The maximum absolute atomic E-state index is 8.53. The van der Waals surface area contributed by atoms with Crippen LogP contribution in [0.25, 0.3) is 0 Å². The van der Waals surface area contributed by atoms with Gasteiger partial charge in [-0.3, -0.25) is 4.90 Å². The molecule has 3 fully saturated rings. The summed E-state index contributed by atoms with van der Waals surface area (Å²) in [6, 6.07) is 0. The number of fused-ring (bicyclic) bond motifs is 1. The fraction of sp³-hybridized carbons (Fsp3) is 1.00. The molecule has 0 amide bonds. The standard InChI is InChI=1S/C13H23N/c1-11(2)8-13-4-3-7-14(13)10-12(9-13)5-6-12/h11H,3-10H2,1-2H3/t13-/m1/s1/i8D2. The van der Waals surface area contributed by atoms with Crippen LogP contribution in [0.1, 0.15) is 55.1 Å². The largest absolute Gasteiger partial charge is 0.297 e. The fourth-order valence-corrected chi connectivity index (χ4v) is 3.71. The van der Waals surface area contributed by atoms with Gasteiger partial charge in [-0.15, -0.1) is 0 Å². The first-order valence-electron chi connectivity index (χ1n) is 7.17. The molecule has 3 aliphatic rings. The predicted octanol–water partition coefficient (Wildman–Crippen LogP) is 3.05. The molecule has 0 aromatic heterocycles. The smallest absolute Gasteiger partial charge is 0.0288 e. The van der Waals surface area contributed by atoms with Crippen LogP contribution in [0.2, 0.25) is 0 Å². The van der Waals surface area contributed by atoms with E-state index >= 15 is 0 Å². The second-order valence-electron chi connectivity index (χ2n) is 6.03. The van der Waals surface area contributed by atoms with Crippen LogP contribution < -0.4 is 0 Å². The van der Waals surface area contributed by atoms with Gasteiger partial charge in [0.25, 0.3) is 0 Å². The lowest BCUT2D eigenvalue weighted by Crippen LogP contribution is -2.39. The molecule has 0 unspecified atom stereocenters. The fourth-order valence-electron chi connectivity index (χ4n) is 3.71. The van der Waals surface area contributed by atoms with E-state index in [0.717, 1.165) is 19.4 Å². The maximum atomic E-state index is 8.53. The number of hydrogen-bond donors (Lipinski definition) is 0. The summed E-state index contributed by atoms with van der Waals surface area (Å²) >= 11 is 0. The van der Waals surface area contributed by atoms with Gasteiger partial charge in [0.2, 0.25) is 0 Å². The van der Waals surface area contributed by atoms with Crippen LogP contribution >= 0.6 is 0 Å². The minimum Gasteiger partial charge on any atom is -0.297 e. The Labute approximate surface area is 90.7 Å². The molecular formula is C13H23N. The highest BCUT2D eigenvalue weighted by Gasteiger charge is 2.59. The summed E-state index contributed by atoms with van der Waals surface area (Å²) in [5.74, 6) is 0.127. The van der Waals surface area contributed by atoms with Gasteiger partial charge in [0, 0.05) is 14.8 Å². The van der Waals surface area contributed by atoms with Crippen molar-refractivity contribution in [2.24, 2.45) is 11.3 Å². The molecule has 3 rings (SSSR count). The van der Waals surface area contributed by atoms with Crippen LogP contribution in [-0.4, -0.2) is 23.5 Å². The quantitative estimate of drug-likeness (QED) is 0.654. The minimum atomic E-state index is -1.02. The van der Waals surface area contributed by atoms with Crippen LogP contribution in [-0.2, 0) is 0 Å². The maximum Gasteiger partial charge on any atom is 0.0288 e. The Morgan fingerprint density at radius 1 is 1.36 bits per heavy atom. The lowest BCUT2D eigenvalue weighted by atomic mass is 9.82. The van der Waals surface area contributed by atoms with E-state index in [0.29, 0.717) is 5.41 Å². The molecule has 1 saturated carbocycles. The molecule has 1 spiro atoms. The highest BCUT2D eigenvalue weighted by Crippen LogP contribution is 2.61. The van der Waals surface area contributed by atoms with E-state index in [-0.39, 0.29) is 11.5 Å². The van der Waals surface area contributed by atoms with Crippen molar-refractivity contribution in [3.8, 4) is 0 Å². The summed E-state index contributed by atoms with van der Waals surface area (Å²) < 4.78 is 17.1. The summed E-state index contributed by atoms with van der Waals surface area (Å²) in [6.45, 7) is 6.40. The lowest BCUT2D eigenvalue weighted by molar-refractivity contribution is 0.163. The first kappa shape index (κ1) is 7.27. The van der Waals surface area contributed by atoms with E-state index < -0.39 is 6.37 Å². The molecule has 1 aliphatic carbocycles. The molecule has 1 heteroatoms. The monoisotopic (exact) mass is 195 g/mol. The zero-order valence-corrected chi connectivity index (χ0v) is 9.47. The van der Waals surface area contributed by atoms with Crippen molar-refractivity contribution in [3.05, 3.63) is 0 Å². The minimum absolute atomic E-state index is 0.113. The molecule has 0 radical (unpaired) electrons. The average molecular weight is 195 g/mol. The molecule has 1 nitrogen and oxygen atoms in total. The second kappa shape index (κ2) is 2.75. The Hall–Kier alpha value is -0.0400. The third-order valence-electron chi connectivity index (χ3n) is 4.33. The highest BCUT2D eigenvalue weighted by molar-refractivity contribution is 5.13. The summed E-state index contributed by atoms with van der Waals surface area (Å²) in [7, 11) is 0. The van der Waals surface area contributed by atoms with Gasteiger partial charge in [0.15, 0.2) is 0 Å². The Balaban J connectivity index is 1.95. The Morgan fingerprint density at radius 3 is 2.79 bits per heavy atom. The topological polar surface area (TPSA) is 3.24 Å². The van der Waals surface area contributed by atoms with Crippen LogP contribution in [0.15, 0.2) is 0 Å². The normalized spacial score (nSPS) is 42.8. The van der Waals surface area contributed by atoms with E-state index in [2.05, 4.69) is 4.90 Å². The Kier molecular flexibility index (Phi) is 1.43. The van der Waals surface area contributed by atoms with Crippen LogP contribution in [0.3, 0.4) is 0 Å². The summed E-state index contributed by atoms with van der Waals surface area (Å²) in [6.07, 6.45) is 5.09. The van der Waals surface area contributed by atoms with Crippen LogP contribution in [0.4, 0.5) is 0 Å². The van der Waals surface area contributed by atoms with Crippen molar-refractivity contribution in [1.82, 2.24) is 4.90 Å². The van der Waals surface area contributed by atoms with Crippen molar-refractivity contribution < 1.29 is 2.74 Å². The number of rotatable bonds is 2. The van der Waals surface area contributed by atoms with Crippen molar-refractivity contribution >= 4 is 0 Å². The van der Waals surface area contributed by atoms with Gasteiger partial charge in [-0.25, -0.2) is 0 Å². The van der Waals surface area contributed by atoms with Crippen LogP contribution in [0.5, 0.6) is 0 Å². The first-order valence-corrected chi connectivity index (χ1v) is 6.17. The van der Waals surface area contributed by atoms with Gasteiger partial charge >= 0.3 is 0 Å². The zero-order chi connectivity index (χ0) is 11.6. The Bertz CT molecular complexity index is 309. The van der Waals surface area contributed by atoms with Crippen molar-refractivity contribution in [2.45, 2.75) is 57.9 Å². The number of nitrogens with zero attached hydrogens (tertiary/aromatic N) is 1. The second-order valence-corrected chi connectivity index (χ2v) is 6.03. The van der Waals surface area contributed by atoms with E-state index in [1.54, 1.807) is 0 Å². The molecule has 80 valence electrons. The number of hydrogen-bond acceptors (Lipinski definition) is 1. The van der Waals surface area contributed by atoms with E-state index in [1.807, 2.05) is 13.8 Å². The van der Waals surface area contributed by atoms with Gasteiger partial charge < -0.3 is 0 Å². The van der Waals surface area contributed by atoms with E-state index in [9.17, 15) is 0 Å². The van der Waals surface area contributed by atoms with E-state index in [1.165, 1.54) is 25.8 Å². The van der Waals surface area contributed by atoms with Gasteiger partial charge in [-0.05, 0) is 56.4 Å². The summed E-state index contributed by atoms with van der Waals surface area (Å²) in [5, 5.41) is 0. The molecule has 0 aromatic carbocycles. The van der Waals surface area contributed by atoms with Crippen molar-refractivity contribution in [1.29, 1.82) is 0 Å². The molecule has 14 heavy (non-hydrogen) atoms. The van der Waals surface area contributed by atoms with E-state index in [4.69, 9.17) is 2.74 Å². The third kappa shape index (κ3) is 1.25. The lowest BCUT2D eigenvalue weighted by Gasteiger charge is -2.33. The molecule has 0 N–H and O–H groups in total. The zero-order valence-electron chi connectivity index (χ0n) is 11.5. The summed E-state index contributed by atoms with van der Waals surface area (Å²) in [4.78, 5) is 2.50.